The van der Waals surface area contributed by atoms with E-state index >= 15 is 0 Å². The molecule has 0 radical (unpaired) electrons. The van der Waals surface area contributed by atoms with Gasteiger partial charge < -0.3 is 43.4 Å². The Morgan fingerprint density at radius 1 is 1.27 bits per heavy atom. The summed E-state index contributed by atoms with van der Waals surface area (Å²) in [5, 5.41) is 2.89. The van der Waals surface area contributed by atoms with Gasteiger partial charge in [0.15, 0.2) is 0 Å². The van der Waals surface area contributed by atoms with E-state index in [2.05, 4.69) is 5.32 Å². The van der Waals surface area contributed by atoms with Gasteiger partial charge in [-0.1, -0.05) is 4.32 Å². The molecule has 0 aromatic carbocycles. The summed E-state index contributed by atoms with van der Waals surface area (Å²) >= 11 is 9.42. The van der Waals surface area contributed by atoms with Crippen molar-refractivity contribution in [3.8, 4) is 0 Å². The van der Waals surface area contributed by atoms with Crippen molar-refractivity contribution in [3.05, 3.63) is 0 Å². The van der Waals surface area contributed by atoms with Crippen LogP contribution in [0.5, 0.6) is 0 Å². The first-order chi connectivity index (χ1) is 6.60. The molecular formula is C7H16KNO3S2Si. The van der Waals surface area contributed by atoms with Gasteiger partial charge in [-0.3, -0.25) is 0 Å². The topological polar surface area (TPSA) is 39.7 Å². The molecule has 0 unspecified atom stereocenters. The fourth-order valence-corrected chi connectivity index (χ4v) is 2.98. The van der Waals surface area contributed by atoms with Crippen molar-refractivity contribution in [2.24, 2.45) is 0 Å². The summed E-state index contributed by atoms with van der Waals surface area (Å²) in [6.45, 7) is 0.729. The van der Waals surface area contributed by atoms with Crippen LogP contribution in [0, 0.1) is 0 Å². The van der Waals surface area contributed by atoms with Gasteiger partial charge >= 0.3 is 60.2 Å². The standard InChI is InChI=1S/C7H17NO3S2Si.K/c1-9-14(10-2,11-3)6-4-5-8-7(12)13;/h4-6H2,1-3H3,(H2,8,12,13);/q;+1/p-1. The zero-order chi connectivity index (χ0) is 11.0. The van der Waals surface area contributed by atoms with E-state index in [-0.39, 0.29) is 51.4 Å². The molecule has 0 amide bonds. The molecule has 0 atom stereocenters. The summed E-state index contributed by atoms with van der Waals surface area (Å²) in [5.74, 6) is 0. The van der Waals surface area contributed by atoms with Gasteiger partial charge in [0, 0.05) is 33.9 Å². The molecule has 84 valence electrons. The van der Waals surface area contributed by atoms with Crippen LogP contribution in [0.4, 0.5) is 0 Å². The normalized spacial score (nSPS) is 10.6. The van der Waals surface area contributed by atoms with E-state index in [4.69, 9.17) is 38.1 Å². The maximum atomic E-state index is 5.25. The molecule has 0 saturated heterocycles. The van der Waals surface area contributed by atoms with Gasteiger partial charge in [0.25, 0.3) is 0 Å². The van der Waals surface area contributed by atoms with E-state index in [1.54, 1.807) is 21.3 Å². The first kappa shape index (κ1) is 19.2. The Labute approximate surface area is 146 Å². The van der Waals surface area contributed by atoms with Crippen molar-refractivity contribution in [1.29, 1.82) is 0 Å². The van der Waals surface area contributed by atoms with Gasteiger partial charge in [-0.25, -0.2) is 0 Å². The Bertz CT molecular complexity index is 175. The molecule has 0 saturated carbocycles. The first-order valence-corrected chi connectivity index (χ1v) is 6.95. The van der Waals surface area contributed by atoms with Crippen LogP contribution in [0.1, 0.15) is 6.42 Å². The molecule has 0 aliphatic rings. The Morgan fingerprint density at radius 3 is 2.07 bits per heavy atom. The summed E-state index contributed by atoms with van der Waals surface area (Å²) in [4.78, 5) is 0. The van der Waals surface area contributed by atoms with Crippen molar-refractivity contribution in [2.45, 2.75) is 12.5 Å². The molecule has 0 bridgehead atoms. The summed E-state index contributed by atoms with van der Waals surface area (Å²) in [6.07, 6.45) is 0.860. The van der Waals surface area contributed by atoms with Gasteiger partial charge in [-0.15, -0.1) is 0 Å². The number of hydrogen-bond acceptors (Lipinski definition) is 5. The van der Waals surface area contributed by atoms with Crippen LogP contribution in [-0.2, 0) is 25.9 Å². The van der Waals surface area contributed by atoms with E-state index in [0.717, 1.165) is 19.0 Å². The van der Waals surface area contributed by atoms with Crippen LogP contribution in [0.2, 0.25) is 6.04 Å². The predicted molar refractivity (Wildman–Crippen MR) is 64.2 cm³/mol. The van der Waals surface area contributed by atoms with Crippen molar-refractivity contribution in [2.75, 3.05) is 27.9 Å². The first-order valence-electron chi connectivity index (χ1n) is 4.20. The van der Waals surface area contributed by atoms with E-state index in [1.807, 2.05) is 0 Å². The van der Waals surface area contributed by atoms with Crippen LogP contribution in [0.25, 0.3) is 0 Å². The third-order valence-electron chi connectivity index (χ3n) is 1.86. The Balaban J connectivity index is 0. The number of thiocarbonyl (C=S) groups is 1. The van der Waals surface area contributed by atoms with Gasteiger partial charge in [0.1, 0.15) is 0 Å². The molecule has 0 spiro atoms. The van der Waals surface area contributed by atoms with Gasteiger partial charge in [0.2, 0.25) is 0 Å². The summed E-state index contributed by atoms with van der Waals surface area (Å²) < 4.78 is 16.1. The fraction of sp³-hybridized carbons (Fsp3) is 0.857. The molecule has 1 N–H and O–H groups in total. The van der Waals surface area contributed by atoms with E-state index < -0.39 is 8.80 Å². The zero-order valence-corrected chi connectivity index (χ0v) is 15.4. The predicted octanol–water partition coefficient (Wildman–Crippen LogP) is -2.32. The van der Waals surface area contributed by atoms with E-state index in [1.165, 1.54) is 0 Å². The number of nitrogens with one attached hydrogen (secondary N) is 1. The van der Waals surface area contributed by atoms with Crippen LogP contribution in [-0.4, -0.2) is 41.0 Å². The van der Waals surface area contributed by atoms with Gasteiger partial charge in [-0.2, -0.15) is 0 Å². The Kier molecular flexibility index (Phi) is 14.0. The number of rotatable bonds is 7. The maximum Gasteiger partial charge on any atom is 1.00 e. The maximum absolute atomic E-state index is 5.25. The minimum atomic E-state index is -2.41. The summed E-state index contributed by atoms with van der Waals surface area (Å²) in [7, 11) is 2.40. The Morgan fingerprint density at radius 2 is 1.73 bits per heavy atom. The largest absolute Gasteiger partial charge is 1.00 e. The van der Waals surface area contributed by atoms with Crippen molar-refractivity contribution in [3.63, 3.8) is 0 Å². The van der Waals surface area contributed by atoms with Gasteiger partial charge in [-0.05, 0) is 6.42 Å². The van der Waals surface area contributed by atoms with Crippen LogP contribution in [0.3, 0.4) is 0 Å². The molecule has 0 rings (SSSR count). The Hall–Kier alpha value is 1.84. The second-order valence-electron chi connectivity index (χ2n) is 2.61. The molecule has 8 heteroatoms. The molecule has 0 aliphatic carbocycles. The molecule has 15 heavy (non-hydrogen) atoms. The van der Waals surface area contributed by atoms with Crippen LogP contribution in [0.15, 0.2) is 0 Å². The molecule has 4 nitrogen and oxygen atoms in total. The minimum absolute atomic E-state index is 0. The molecule has 0 fully saturated rings. The average Bonchev–Trinajstić information content (AvgIpc) is 2.19. The van der Waals surface area contributed by atoms with Crippen molar-refractivity contribution in [1.82, 2.24) is 5.32 Å². The second kappa shape index (κ2) is 11.0. The summed E-state index contributed by atoms with van der Waals surface area (Å²) in [6, 6.07) is 0.751. The smallest absolute Gasteiger partial charge is 0.412 e. The fourth-order valence-electron chi connectivity index (χ4n) is 1.05. The molecular weight excluding hydrogens is 277 g/mol. The van der Waals surface area contributed by atoms with E-state index in [0.29, 0.717) is 4.32 Å². The average molecular weight is 294 g/mol. The molecule has 0 aliphatic heterocycles. The monoisotopic (exact) mass is 293 g/mol. The van der Waals surface area contributed by atoms with Gasteiger partial charge in [0.05, 0.1) is 0 Å². The van der Waals surface area contributed by atoms with Crippen molar-refractivity contribution >= 4 is 38.0 Å². The third-order valence-corrected chi connectivity index (χ3v) is 4.98. The molecule has 0 aromatic heterocycles. The summed E-state index contributed by atoms with van der Waals surface area (Å²) in [5.41, 5.74) is 0. The quantitative estimate of drug-likeness (QED) is 0.246. The molecule has 0 heterocycles. The molecule has 0 aromatic rings. The zero-order valence-electron chi connectivity index (χ0n) is 9.66. The van der Waals surface area contributed by atoms with Crippen molar-refractivity contribution < 1.29 is 64.7 Å². The third kappa shape index (κ3) is 8.55. The van der Waals surface area contributed by atoms with E-state index in [9.17, 15) is 0 Å². The van der Waals surface area contributed by atoms with Crippen LogP contribution < -0.4 is 56.7 Å². The SMILES string of the molecule is CO[Si](CCCNC(=S)[S-])(OC)OC.[K+]. The minimum Gasteiger partial charge on any atom is -0.412 e. The van der Waals surface area contributed by atoms with Crippen LogP contribution >= 0.6 is 12.2 Å². The second-order valence-corrected chi connectivity index (χ2v) is 6.78. The number of hydrogen-bond donors (Lipinski definition) is 1.